The van der Waals surface area contributed by atoms with Crippen LogP contribution in [0.2, 0.25) is 0 Å². The number of anilines is 1. The molecule has 4 nitrogen and oxygen atoms in total. The molecule has 2 aromatic rings. The van der Waals surface area contributed by atoms with Gasteiger partial charge < -0.3 is 5.11 Å². The van der Waals surface area contributed by atoms with E-state index in [2.05, 4.69) is 20.7 Å². The van der Waals surface area contributed by atoms with E-state index in [0.29, 0.717) is 11.1 Å². The Kier molecular flexibility index (Phi) is 4.97. The van der Waals surface area contributed by atoms with Gasteiger partial charge >= 0.3 is 0 Å². The van der Waals surface area contributed by atoms with E-state index in [4.69, 9.17) is 5.11 Å². The largest absolute Gasteiger partial charge is 0.392 e. The van der Waals surface area contributed by atoms with E-state index in [1.807, 2.05) is 0 Å². The van der Waals surface area contributed by atoms with Crippen LogP contribution in [0.25, 0.3) is 0 Å². The minimum Gasteiger partial charge on any atom is -0.392 e. The number of rotatable bonds is 5. The lowest BCUT2D eigenvalue weighted by molar-refractivity contribution is 0.282. The molecule has 0 aromatic heterocycles. The van der Waals surface area contributed by atoms with Gasteiger partial charge in [-0.25, -0.2) is 12.8 Å². The first-order valence-corrected chi connectivity index (χ1v) is 8.48. The summed E-state index contributed by atoms with van der Waals surface area (Å²) in [5.74, 6) is -0.765. The summed E-state index contributed by atoms with van der Waals surface area (Å²) >= 11 is 3.00. The molecule has 0 aliphatic rings. The summed E-state index contributed by atoms with van der Waals surface area (Å²) in [4.78, 5) is 0. The van der Waals surface area contributed by atoms with Gasteiger partial charge in [-0.1, -0.05) is 24.3 Å². The zero-order valence-electron chi connectivity index (χ0n) is 10.9. The van der Waals surface area contributed by atoms with E-state index in [0.717, 1.165) is 6.07 Å². The van der Waals surface area contributed by atoms with Crippen LogP contribution in [0, 0.1) is 5.82 Å². The molecule has 112 valence electrons. The zero-order chi connectivity index (χ0) is 15.5. The molecule has 0 atom stereocenters. The quantitative estimate of drug-likeness (QED) is 0.846. The molecule has 0 unspecified atom stereocenters. The summed E-state index contributed by atoms with van der Waals surface area (Å²) in [5, 5.41) is 8.93. The Bertz CT molecular complexity index is 732. The van der Waals surface area contributed by atoms with Crippen LogP contribution in [0.1, 0.15) is 11.1 Å². The highest BCUT2D eigenvalue weighted by Gasteiger charge is 2.13. The van der Waals surface area contributed by atoms with Gasteiger partial charge in [-0.05, 0) is 45.3 Å². The van der Waals surface area contributed by atoms with Crippen LogP contribution in [-0.2, 0) is 22.4 Å². The SMILES string of the molecule is O=S(=O)(Cc1ccc(CO)cc1)Nc1ccc(Br)c(F)c1. The Hall–Kier alpha value is -1.44. The molecule has 21 heavy (non-hydrogen) atoms. The molecular weight excluding hydrogens is 361 g/mol. The second-order valence-corrected chi connectivity index (χ2v) is 7.04. The summed E-state index contributed by atoms with van der Waals surface area (Å²) in [5.41, 5.74) is 1.46. The van der Waals surface area contributed by atoms with Crippen molar-refractivity contribution in [2.24, 2.45) is 0 Å². The van der Waals surface area contributed by atoms with Gasteiger partial charge in [0.2, 0.25) is 10.0 Å². The van der Waals surface area contributed by atoms with E-state index < -0.39 is 15.8 Å². The van der Waals surface area contributed by atoms with Gasteiger partial charge in [0.1, 0.15) is 5.82 Å². The first-order chi connectivity index (χ1) is 9.89. The lowest BCUT2D eigenvalue weighted by Crippen LogP contribution is -2.15. The van der Waals surface area contributed by atoms with Crippen molar-refractivity contribution in [1.82, 2.24) is 0 Å². The molecule has 0 spiro atoms. The molecule has 0 bridgehead atoms. The Labute approximate surface area is 130 Å². The lowest BCUT2D eigenvalue weighted by Gasteiger charge is -2.09. The van der Waals surface area contributed by atoms with Crippen LogP contribution >= 0.6 is 15.9 Å². The molecule has 0 heterocycles. The van der Waals surface area contributed by atoms with Crippen molar-refractivity contribution in [2.45, 2.75) is 12.4 Å². The fourth-order valence-corrected chi connectivity index (χ4v) is 3.17. The standard InChI is InChI=1S/C14H13BrFNO3S/c15-13-6-5-12(7-14(13)16)17-21(19,20)9-11-3-1-10(8-18)2-4-11/h1-7,17-18H,8-9H2. The Morgan fingerprint density at radius 1 is 1.10 bits per heavy atom. The minimum atomic E-state index is -3.63. The average molecular weight is 374 g/mol. The molecule has 0 radical (unpaired) electrons. The number of benzene rings is 2. The van der Waals surface area contributed by atoms with Gasteiger partial charge in [-0.15, -0.1) is 0 Å². The molecule has 2 aromatic carbocycles. The van der Waals surface area contributed by atoms with E-state index in [-0.39, 0.29) is 22.5 Å². The third-order valence-electron chi connectivity index (χ3n) is 2.76. The van der Waals surface area contributed by atoms with Crippen LogP contribution in [0.4, 0.5) is 10.1 Å². The first kappa shape index (κ1) is 15.9. The van der Waals surface area contributed by atoms with Gasteiger partial charge in [0.15, 0.2) is 0 Å². The van der Waals surface area contributed by atoms with Crippen molar-refractivity contribution in [3.63, 3.8) is 0 Å². The number of hydrogen-bond donors (Lipinski definition) is 2. The number of aliphatic hydroxyl groups is 1. The molecule has 0 saturated heterocycles. The van der Waals surface area contributed by atoms with E-state index in [9.17, 15) is 12.8 Å². The molecule has 2 N–H and O–H groups in total. The second kappa shape index (κ2) is 6.55. The predicted molar refractivity (Wildman–Crippen MR) is 82.7 cm³/mol. The topological polar surface area (TPSA) is 66.4 Å². The van der Waals surface area contributed by atoms with Crippen molar-refractivity contribution in [1.29, 1.82) is 0 Å². The van der Waals surface area contributed by atoms with Gasteiger partial charge in [0, 0.05) is 0 Å². The molecule has 0 aliphatic carbocycles. The lowest BCUT2D eigenvalue weighted by atomic mass is 10.2. The first-order valence-electron chi connectivity index (χ1n) is 6.04. The van der Waals surface area contributed by atoms with Crippen LogP contribution in [0.15, 0.2) is 46.9 Å². The number of aliphatic hydroxyl groups excluding tert-OH is 1. The second-order valence-electron chi connectivity index (χ2n) is 4.46. The molecule has 7 heteroatoms. The molecule has 0 amide bonds. The molecule has 0 aliphatic heterocycles. The van der Waals surface area contributed by atoms with Crippen molar-refractivity contribution < 1.29 is 17.9 Å². The molecule has 2 rings (SSSR count). The normalized spacial score (nSPS) is 11.4. The highest BCUT2D eigenvalue weighted by Crippen LogP contribution is 2.21. The molecule has 0 fully saturated rings. The minimum absolute atomic E-state index is 0.0938. The Balaban J connectivity index is 2.12. The van der Waals surface area contributed by atoms with E-state index in [1.165, 1.54) is 12.1 Å². The third-order valence-corrected chi connectivity index (χ3v) is 4.66. The fraction of sp³-hybridized carbons (Fsp3) is 0.143. The maximum atomic E-state index is 13.4. The van der Waals surface area contributed by atoms with Gasteiger partial charge in [0.05, 0.1) is 22.5 Å². The number of hydrogen-bond acceptors (Lipinski definition) is 3. The van der Waals surface area contributed by atoms with Gasteiger partial charge in [-0.2, -0.15) is 0 Å². The monoisotopic (exact) mass is 373 g/mol. The van der Waals surface area contributed by atoms with E-state index >= 15 is 0 Å². The van der Waals surface area contributed by atoms with Crippen LogP contribution in [-0.4, -0.2) is 13.5 Å². The number of sulfonamides is 1. The molecular formula is C14H13BrFNO3S. The third kappa shape index (κ3) is 4.52. The van der Waals surface area contributed by atoms with E-state index in [1.54, 1.807) is 24.3 Å². The summed E-state index contributed by atoms with van der Waals surface area (Å²) in [6.07, 6.45) is 0. The predicted octanol–water partition coefficient (Wildman–Crippen LogP) is 3.02. The smallest absolute Gasteiger partial charge is 0.236 e. The maximum Gasteiger partial charge on any atom is 0.236 e. The summed E-state index contributed by atoms with van der Waals surface area (Å²) in [6, 6.07) is 10.6. The summed E-state index contributed by atoms with van der Waals surface area (Å²) in [7, 11) is -3.63. The van der Waals surface area contributed by atoms with Crippen molar-refractivity contribution in [2.75, 3.05) is 4.72 Å². The van der Waals surface area contributed by atoms with Crippen molar-refractivity contribution in [3.05, 3.63) is 63.9 Å². The van der Waals surface area contributed by atoms with Crippen LogP contribution < -0.4 is 4.72 Å². The van der Waals surface area contributed by atoms with Crippen LogP contribution in [0.5, 0.6) is 0 Å². The van der Waals surface area contributed by atoms with Crippen molar-refractivity contribution >= 4 is 31.6 Å². The number of nitrogens with one attached hydrogen (secondary N) is 1. The average Bonchev–Trinajstić information content (AvgIpc) is 2.43. The highest BCUT2D eigenvalue weighted by molar-refractivity contribution is 9.10. The summed E-state index contributed by atoms with van der Waals surface area (Å²) < 4.78 is 40.0. The zero-order valence-corrected chi connectivity index (χ0v) is 13.3. The maximum absolute atomic E-state index is 13.4. The van der Waals surface area contributed by atoms with Gasteiger partial charge in [-0.3, -0.25) is 4.72 Å². The van der Waals surface area contributed by atoms with Crippen LogP contribution in [0.3, 0.4) is 0 Å². The summed E-state index contributed by atoms with van der Waals surface area (Å²) in [6.45, 7) is -0.0938. The fourth-order valence-electron chi connectivity index (χ4n) is 1.74. The Morgan fingerprint density at radius 2 is 1.71 bits per heavy atom. The van der Waals surface area contributed by atoms with Crippen molar-refractivity contribution in [3.8, 4) is 0 Å². The highest BCUT2D eigenvalue weighted by atomic mass is 79.9. The molecule has 0 saturated carbocycles. The Morgan fingerprint density at radius 3 is 2.29 bits per heavy atom. The number of halogens is 2. The van der Waals surface area contributed by atoms with Gasteiger partial charge in [0.25, 0.3) is 0 Å².